The summed E-state index contributed by atoms with van der Waals surface area (Å²) in [4.78, 5) is 0. The lowest BCUT2D eigenvalue weighted by Gasteiger charge is -2.29. The average molecular weight is 552 g/mol. The van der Waals surface area contributed by atoms with E-state index in [2.05, 4.69) is 22.6 Å². The van der Waals surface area contributed by atoms with Gasteiger partial charge in [0.05, 0.1) is 5.75 Å². The van der Waals surface area contributed by atoms with Crippen molar-refractivity contribution in [1.82, 2.24) is 0 Å². The number of rotatable bonds is 9. The van der Waals surface area contributed by atoms with Gasteiger partial charge in [0, 0.05) is 0 Å². The zero-order chi connectivity index (χ0) is 25.9. The van der Waals surface area contributed by atoms with Crippen molar-refractivity contribution < 1.29 is 82.2 Å². The van der Waals surface area contributed by atoms with Gasteiger partial charge in [0.15, 0.2) is 6.67 Å². The van der Waals surface area contributed by atoms with Crippen LogP contribution in [0, 0.1) is 0 Å². The average Bonchev–Trinajstić information content (AvgIpc) is 2.46. The molecule has 0 aliphatic heterocycles. The number of allylic oxidation sites excluding steroid dienone is 1. The van der Waals surface area contributed by atoms with E-state index in [-0.39, 0.29) is 11.1 Å². The Morgan fingerprint density at radius 1 is 0.969 bits per heavy atom. The molecule has 0 fully saturated rings. The Bertz CT molecular complexity index is 756. The standard InChI is InChI=1S/C7H5F9O2.C4H7FO2S.F2O2S.FH/c1-3(9)17-7(15,16)4(6(12,13)14)18-5(10,11)2-8;1-2-3-4-8(5,6)7;1-5(2,3)4;/h4H,1-2H2;2H,1,3-4H2;;1H. The van der Waals surface area contributed by atoms with Gasteiger partial charge in [-0.3, -0.25) is 9.44 Å². The van der Waals surface area contributed by atoms with Crippen LogP contribution in [0.3, 0.4) is 0 Å². The second kappa shape index (κ2) is 14.4. The van der Waals surface area contributed by atoms with Gasteiger partial charge in [-0.2, -0.15) is 52.0 Å². The largest absolute Gasteiger partial charge is 0.476 e. The van der Waals surface area contributed by atoms with Crippen LogP contribution >= 0.6 is 0 Å². The van der Waals surface area contributed by atoms with Gasteiger partial charge in [-0.05, 0) is 13.0 Å². The Morgan fingerprint density at radius 3 is 1.53 bits per heavy atom. The van der Waals surface area contributed by atoms with E-state index in [1.165, 1.54) is 6.08 Å². The topological polar surface area (TPSA) is 86.7 Å². The molecule has 0 rings (SSSR count). The van der Waals surface area contributed by atoms with E-state index >= 15 is 0 Å². The van der Waals surface area contributed by atoms with E-state index in [1.807, 2.05) is 0 Å². The van der Waals surface area contributed by atoms with E-state index in [0.717, 1.165) is 0 Å². The van der Waals surface area contributed by atoms with Crippen molar-refractivity contribution in [3.05, 3.63) is 25.2 Å². The highest BCUT2D eigenvalue weighted by Crippen LogP contribution is 2.39. The van der Waals surface area contributed by atoms with Gasteiger partial charge in [-0.1, -0.05) is 13.8 Å². The first kappa shape index (κ1) is 37.5. The van der Waals surface area contributed by atoms with Gasteiger partial charge < -0.3 is 4.74 Å². The second-order valence-corrected chi connectivity index (χ2v) is 6.77. The predicted molar refractivity (Wildman–Crippen MR) is 81.5 cm³/mol. The molecule has 0 spiro atoms. The number of ether oxygens (including phenoxy) is 2. The minimum Gasteiger partial charge on any atom is -0.404 e. The third-order valence-corrected chi connectivity index (χ3v) is 2.58. The fourth-order valence-corrected chi connectivity index (χ4v) is 1.40. The molecule has 0 amide bonds. The number of alkyl halides is 8. The van der Waals surface area contributed by atoms with E-state index in [4.69, 9.17) is 8.42 Å². The summed E-state index contributed by atoms with van der Waals surface area (Å²) in [6, 6.07) is -2.36. The summed E-state index contributed by atoms with van der Waals surface area (Å²) in [5, 5.41) is 0. The second-order valence-electron chi connectivity index (χ2n) is 4.53. The molecule has 0 saturated carbocycles. The van der Waals surface area contributed by atoms with Crippen molar-refractivity contribution in [2.75, 3.05) is 12.4 Å². The van der Waals surface area contributed by atoms with Crippen LogP contribution in [-0.4, -0.2) is 53.8 Å². The van der Waals surface area contributed by atoms with Gasteiger partial charge in [-0.15, -0.1) is 10.5 Å². The van der Waals surface area contributed by atoms with Crippen LogP contribution in [0.15, 0.2) is 25.2 Å². The molecule has 0 N–H and O–H groups in total. The Morgan fingerprint density at radius 2 is 1.34 bits per heavy atom. The third kappa shape index (κ3) is 26.3. The molecule has 196 valence electrons. The quantitative estimate of drug-likeness (QED) is 0.178. The maximum atomic E-state index is 12.7. The van der Waals surface area contributed by atoms with Crippen LogP contribution in [0.5, 0.6) is 0 Å². The molecule has 0 bridgehead atoms. The molecule has 6 nitrogen and oxygen atoms in total. The molecule has 1 atom stereocenters. The maximum absolute atomic E-state index is 12.7. The molecular weight excluding hydrogens is 539 g/mol. The Kier molecular flexibility index (Phi) is 16.9. The van der Waals surface area contributed by atoms with E-state index in [0.29, 0.717) is 0 Å². The summed E-state index contributed by atoms with van der Waals surface area (Å²) in [6.45, 7) is 2.52. The van der Waals surface area contributed by atoms with Crippen LogP contribution < -0.4 is 0 Å². The third-order valence-electron chi connectivity index (χ3n) is 1.86. The van der Waals surface area contributed by atoms with Gasteiger partial charge in [0.25, 0.3) is 12.1 Å². The molecule has 32 heavy (non-hydrogen) atoms. The van der Waals surface area contributed by atoms with Crippen LogP contribution in [0.2, 0.25) is 0 Å². The number of halogens is 13. The summed E-state index contributed by atoms with van der Waals surface area (Å²) in [5.41, 5.74) is 0. The van der Waals surface area contributed by atoms with Crippen molar-refractivity contribution in [2.24, 2.45) is 0 Å². The molecule has 1 unspecified atom stereocenters. The maximum Gasteiger partial charge on any atom is 0.476 e. The highest BCUT2D eigenvalue weighted by molar-refractivity contribution is 7.86. The highest BCUT2D eigenvalue weighted by Gasteiger charge is 2.63. The van der Waals surface area contributed by atoms with Crippen molar-refractivity contribution in [3.8, 4) is 0 Å². The number of hydrogen-bond acceptors (Lipinski definition) is 6. The first-order valence-electron chi connectivity index (χ1n) is 6.65. The smallest absolute Gasteiger partial charge is 0.404 e. The van der Waals surface area contributed by atoms with Crippen LogP contribution in [0.1, 0.15) is 6.42 Å². The van der Waals surface area contributed by atoms with E-state index in [9.17, 15) is 59.6 Å². The molecule has 0 aromatic rings. The van der Waals surface area contributed by atoms with Gasteiger partial charge in [-0.25, -0.2) is 4.39 Å². The Balaban J connectivity index is -0.000000232. The summed E-state index contributed by atoms with van der Waals surface area (Å²) >= 11 is 0. The molecule has 0 aromatic carbocycles. The van der Waals surface area contributed by atoms with Crippen molar-refractivity contribution in [2.45, 2.75) is 30.9 Å². The van der Waals surface area contributed by atoms with Crippen LogP contribution in [-0.2, 0) is 30.3 Å². The fourth-order valence-electron chi connectivity index (χ4n) is 0.955. The summed E-state index contributed by atoms with van der Waals surface area (Å²) in [7, 11) is -9.92. The Hall–Kier alpha value is -1.77. The monoisotopic (exact) mass is 552 g/mol. The zero-order valence-corrected chi connectivity index (χ0v) is 16.5. The lowest BCUT2D eigenvalue weighted by atomic mass is 10.3. The molecule has 0 radical (unpaired) electrons. The number of hydrogen-bond donors (Lipinski definition) is 0. The molecule has 0 heterocycles. The van der Waals surface area contributed by atoms with Crippen molar-refractivity contribution in [1.29, 1.82) is 0 Å². The fraction of sp³-hybridized carbons (Fsp3) is 0.636. The first-order valence-corrected chi connectivity index (χ1v) is 9.48. The molecule has 0 aliphatic carbocycles. The minimum absolute atomic E-state index is 0. The van der Waals surface area contributed by atoms with Crippen molar-refractivity contribution >= 4 is 20.8 Å². The summed E-state index contributed by atoms with van der Waals surface area (Å²) < 4.78 is 182. The van der Waals surface area contributed by atoms with Crippen LogP contribution in [0.25, 0.3) is 0 Å². The van der Waals surface area contributed by atoms with Gasteiger partial charge in [0.2, 0.25) is 0 Å². The molecule has 0 saturated heterocycles. The predicted octanol–water partition coefficient (Wildman–Crippen LogP) is 4.73. The minimum atomic E-state index is -6.06. The lowest BCUT2D eigenvalue weighted by molar-refractivity contribution is -0.409. The van der Waals surface area contributed by atoms with Crippen molar-refractivity contribution in [3.63, 3.8) is 0 Å². The van der Waals surface area contributed by atoms with E-state index < -0.39 is 63.8 Å². The zero-order valence-electron chi connectivity index (χ0n) is 14.9. The van der Waals surface area contributed by atoms with E-state index in [1.54, 1.807) is 0 Å². The molecule has 0 aromatic heterocycles. The normalized spacial score (nSPS) is 13.2. The Labute approximate surface area is 172 Å². The molecule has 0 aliphatic rings. The van der Waals surface area contributed by atoms with Crippen LogP contribution in [0.4, 0.5) is 55.9 Å². The lowest BCUT2D eigenvalue weighted by Crippen LogP contribution is -2.51. The molecular formula is C11H13F13O6S2. The van der Waals surface area contributed by atoms with Gasteiger partial charge in [0.1, 0.15) is 0 Å². The highest BCUT2D eigenvalue weighted by atomic mass is 32.3. The molecule has 21 heteroatoms. The first-order chi connectivity index (χ1) is 13.4. The van der Waals surface area contributed by atoms with Gasteiger partial charge >= 0.3 is 39.2 Å². The summed E-state index contributed by atoms with van der Waals surface area (Å²) in [5.74, 6) is -0.448. The SMILES string of the molecule is C=C(F)OC(F)(F)C(OC(F)(F)CF)C(F)(F)F.C=CCCS(=O)(=O)F.F.O=S(=O)(F)F. The summed E-state index contributed by atoms with van der Waals surface area (Å²) in [6.07, 6.45) is -19.8.